The molecule has 0 spiro atoms. The number of para-hydroxylation sites is 2. The van der Waals surface area contributed by atoms with Crippen LogP contribution in [0.15, 0.2) is 144 Å². The Morgan fingerprint density at radius 3 is 1.98 bits per heavy atom. The van der Waals surface area contributed by atoms with Gasteiger partial charge in [0.1, 0.15) is 11.6 Å². The molecule has 0 fully saturated rings. The predicted molar refractivity (Wildman–Crippen MR) is 183 cm³/mol. The van der Waals surface area contributed by atoms with Gasteiger partial charge in [0.25, 0.3) is 0 Å². The molecular weight excluding hydrogens is 557 g/mol. The largest absolute Gasteiger partial charge is 0.294 e. The van der Waals surface area contributed by atoms with Crippen molar-refractivity contribution in [2.75, 3.05) is 4.90 Å². The first kappa shape index (κ1) is 26.7. The number of aromatic nitrogens is 3. The molecule has 214 valence electrons. The first-order valence-electron chi connectivity index (χ1n) is 15.3. The summed E-state index contributed by atoms with van der Waals surface area (Å²) in [5.41, 5.74) is 7.43. The van der Waals surface area contributed by atoms with Crippen LogP contribution in [-0.2, 0) is 5.41 Å². The lowest BCUT2D eigenvalue weighted by Gasteiger charge is -2.44. The molecular formula is C39H32N4S. The van der Waals surface area contributed by atoms with Crippen LogP contribution in [0.4, 0.5) is 17.2 Å². The van der Waals surface area contributed by atoms with Crippen LogP contribution < -0.4 is 4.90 Å². The Bertz CT molecular complexity index is 2130. The van der Waals surface area contributed by atoms with Crippen molar-refractivity contribution in [2.24, 2.45) is 0 Å². The summed E-state index contributed by atoms with van der Waals surface area (Å²) >= 11 is 1.80. The van der Waals surface area contributed by atoms with E-state index in [0.717, 1.165) is 35.5 Å². The molecule has 0 amide bonds. The Balaban J connectivity index is 1.28. The number of hydrogen-bond donors (Lipinski definition) is 0. The average Bonchev–Trinajstić information content (AvgIpc) is 3.41. The van der Waals surface area contributed by atoms with E-state index >= 15 is 0 Å². The smallest absolute Gasteiger partial charge is 0.137 e. The van der Waals surface area contributed by atoms with Gasteiger partial charge in [0.2, 0.25) is 0 Å². The van der Waals surface area contributed by atoms with Gasteiger partial charge in [-0.25, -0.2) is 9.97 Å². The zero-order valence-electron chi connectivity index (χ0n) is 24.8. The van der Waals surface area contributed by atoms with E-state index < -0.39 is 0 Å². The van der Waals surface area contributed by atoms with E-state index in [1.807, 2.05) is 30.6 Å². The molecule has 1 aliphatic rings. The molecule has 4 nitrogen and oxygen atoms in total. The zero-order chi connectivity index (χ0) is 29.7. The Kier molecular flexibility index (Phi) is 6.49. The maximum Gasteiger partial charge on any atom is 0.137 e. The molecule has 0 saturated heterocycles. The van der Waals surface area contributed by atoms with Crippen LogP contribution in [-0.4, -0.2) is 14.5 Å². The van der Waals surface area contributed by atoms with Crippen molar-refractivity contribution in [1.82, 2.24) is 14.5 Å². The van der Waals surface area contributed by atoms with Crippen molar-refractivity contribution in [3.63, 3.8) is 0 Å². The Labute approximate surface area is 262 Å². The molecule has 44 heavy (non-hydrogen) atoms. The molecule has 8 rings (SSSR count). The Hall–Kier alpha value is -4.87. The Morgan fingerprint density at radius 2 is 1.20 bits per heavy atom. The fourth-order valence-electron chi connectivity index (χ4n) is 7.14. The minimum Gasteiger partial charge on any atom is -0.294 e. The minimum absolute atomic E-state index is 0.0526. The number of fused-ring (bicyclic) bond motifs is 5. The first-order chi connectivity index (χ1) is 21.7. The summed E-state index contributed by atoms with van der Waals surface area (Å²) in [4.78, 5) is 14.3. The highest BCUT2D eigenvalue weighted by atomic mass is 32.2. The molecule has 4 heterocycles. The maximum atomic E-state index is 4.82. The van der Waals surface area contributed by atoms with E-state index in [-0.39, 0.29) is 5.41 Å². The standard InChI is InChI=1S/C39H32N4S/c1-3-39(4-2)31-14-6-8-16-34(31)43(38-18-10-12-24-41-38)36-26-28(20-22-32(36)39)44-27-19-21-30-29-13-5-7-15-33(29)42(35(30)25-27)37-17-9-11-23-40-37/h5-26H,3-4H2,1-2H3. The van der Waals surface area contributed by atoms with Crippen molar-refractivity contribution in [2.45, 2.75) is 41.9 Å². The molecule has 0 atom stereocenters. The third kappa shape index (κ3) is 4.07. The van der Waals surface area contributed by atoms with E-state index in [1.165, 1.54) is 43.1 Å². The van der Waals surface area contributed by atoms with Gasteiger partial charge in [-0.05, 0) is 84.6 Å². The lowest BCUT2D eigenvalue weighted by molar-refractivity contribution is 0.474. The van der Waals surface area contributed by atoms with Crippen LogP contribution in [0.3, 0.4) is 0 Å². The minimum atomic E-state index is -0.0526. The molecule has 7 aromatic rings. The second-order valence-electron chi connectivity index (χ2n) is 11.3. The third-order valence-corrected chi connectivity index (χ3v) is 10.2. The summed E-state index contributed by atoms with van der Waals surface area (Å²) in [6.45, 7) is 4.64. The molecule has 0 N–H and O–H groups in total. The monoisotopic (exact) mass is 588 g/mol. The normalized spacial score (nSPS) is 13.6. The highest BCUT2D eigenvalue weighted by Crippen LogP contribution is 2.55. The predicted octanol–water partition coefficient (Wildman–Crippen LogP) is 10.6. The van der Waals surface area contributed by atoms with E-state index in [1.54, 1.807) is 11.8 Å². The van der Waals surface area contributed by atoms with Crippen LogP contribution in [0.2, 0.25) is 0 Å². The molecule has 0 aliphatic carbocycles. The second kappa shape index (κ2) is 10.7. The average molecular weight is 589 g/mol. The number of benzene rings is 4. The lowest BCUT2D eigenvalue weighted by Crippen LogP contribution is -2.34. The second-order valence-corrected chi connectivity index (χ2v) is 12.5. The quantitative estimate of drug-likeness (QED) is 0.194. The molecule has 0 saturated carbocycles. The number of rotatable bonds is 6. The molecule has 1 aliphatic heterocycles. The van der Waals surface area contributed by atoms with Gasteiger partial charge in [0.05, 0.1) is 22.4 Å². The fourth-order valence-corrected chi connectivity index (χ4v) is 8.03. The molecule has 4 aromatic carbocycles. The topological polar surface area (TPSA) is 34.0 Å². The highest BCUT2D eigenvalue weighted by molar-refractivity contribution is 7.99. The van der Waals surface area contributed by atoms with Crippen LogP contribution >= 0.6 is 11.8 Å². The van der Waals surface area contributed by atoms with E-state index in [9.17, 15) is 0 Å². The van der Waals surface area contributed by atoms with Crippen LogP contribution in [0.5, 0.6) is 0 Å². The van der Waals surface area contributed by atoms with Gasteiger partial charge in [0.15, 0.2) is 0 Å². The summed E-state index contributed by atoms with van der Waals surface area (Å²) in [7, 11) is 0. The van der Waals surface area contributed by atoms with Crippen LogP contribution in [0.1, 0.15) is 37.8 Å². The first-order valence-corrected chi connectivity index (χ1v) is 16.1. The Morgan fingerprint density at radius 1 is 0.568 bits per heavy atom. The van der Waals surface area contributed by atoms with Gasteiger partial charge in [-0.1, -0.05) is 86.3 Å². The van der Waals surface area contributed by atoms with Gasteiger partial charge in [-0.2, -0.15) is 0 Å². The van der Waals surface area contributed by atoms with Crippen molar-refractivity contribution < 1.29 is 0 Å². The molecule has 5 heteroatoms. The fraction of sp³-hybridized carbons (Fsp3) is 0.128. The maximum absolute atomic E-state index is 4.82. The van der Waals surface area contributed by atoms with Crippen molar-refractivity contribution in [3.8, 4) is 5.82 Å². The van der Waals surface area contributed by atoms with Gasteiger partial charge >= 0.3 is 0 Å². The van der Waals surface area contributed by atoms with Gasteiger partial charge in [-0.15, -0.1) is 0 Å². The molecule has 0 unspecified atom stereocenters. The van der Waals surface area contributed by atoms with Crippen molar-refractivity contribution in [3.05, 3.63) is 145 Å². The summed E-state index contributed by atoms with van der Waals surface area (Å²) in [6, 6.07) is 43.5. The molecule has 3 aromatic heterocycles. The summed E-state index contributed by atoms with van der Waals surface area (Å²) in [5.74, 6) is 1.86. The lowest BCUT2D eigenvalue weighted by atomic mass is 9.67. The number of nitrogens with zero attached hydrogens (tertiary/aromatic N) is 4. The van der Waals surface area contributed by atoms with Crippen molar-refractivity contribution in [1.29, 1.82) is 0 Å². The van der Waals surface area contributed by atoms with Gasteiger partial charge < -0.3 is 0 Å². The zero-order valence-corrected chi connectivity index (χ0v) is 25.6. The summed E-state index contributed by atoms with van der Waals surface area (Å²) in [6.07, 6.45) is 5.81. The van der Waals surface area contributed by atoms with Gasteiger partial charge in [-0.3, -0.25) is 9.47 Å². The molecule has 0 radical (unpaired) electrons. The summed E-state index contributed by atoms with van der Waals surface area (Å²) < 4.78 is 2.28. The van der Waals surface area contributed by atoms with E-state index in [4.69, 9.17) is 9.97 Å². The van der Waals surface area contributed by atoms with Crippen molar-refractivity contribution >= 4 is 50.8 Å². The van der Waals surface area contributed by atoms with E-state index in [0.29, 0.717) is 0 Å². The SMILES string of the molecule is CCC1(CC)c2ccccc2N(c2ccccn2)c2cc(Sc3ccc4c5ccccc5n(-c5ccccn5)c4c3)ccc21. The summed E-state index contributed by atoms with van der Waals surface area (Å²) in [5, 5.41) is 2.47. The van der Waals surface area contributed by atoms with Crippen LogP contribution in [0, 0.1) is 0 Å². The number of anilines is 3. The number of pyridine rings is 2. The number of hydrogen-bond acceptors (Lipinski definition) is 4. The molecule has 0 bridgehead atoms. The van der Waals surface area contributed by atoms with Gasteiger partial charge in [0, 0.05) is 38.4 Å². The third-order valence-electron chi connectivity index (χ3n) is 9.23. The van der Waals surface area contributed by atoms with E-state index in [2.05, 4.69) is 126 Å². The van der Waals surface area contributed by atoms with Crippen LogP contribution in [0.25, 0.3) is 27.6 Å². The highest BCUT2D eigenvalue weighted by Gasteiger charge is 2.41.